The van der Waals surface area contributed by atoms with Crippen LogP contribution in [0.4, 0.5) is 0 Å². The van der Waals surface area contributed by atoms with Gasteiger partial charge in [0.05, 0.1) is 54.2 Å². The highest BCUT2D eigenvalue weighted by Crippen LogP contribution is 1.90. The molecule has 0 saturated carbocycles. The molecule has 0 aliphatic carbocycles. The van der Waals surface area contributed by atoms with Crippen LogP contribution in [0, 0.1) is 0 Å². The largest absolute Gasteiger partial charge is 0.394 e. The summed E-state index contributed by atoms with van der Waals surface area (Å²) in [5, 5.41) is 8.44. The topological polar surface area (TPSA) is 57.2 Å². The number of hydrogen-bond acceptors (Lipinski definition) is 5. The van der Waals surface area contributed by atoms with Crippen LogP contribution in [0.5, 0.6) is 0 Å². The molecule has 0 unspecified atom stereocenters. The highest BCUT2D eigenvalue weighted by atomic mass is 17.2. The molecule has 6 heteroatoms. The molecule has 0 aromatic carbocycles. The van der Waals surface area contributed by atoms with Gasteiger partial charge < -0.3 is 19.1 Å². The van der Waals surface area contributed by atoms with E-state index in [9.17, 15) is 0 Å². The number of rotatable bonds is 12. The molecule has 0 heterocycles. The summed E-state index contributed by atoms with van der Waals surface area (Å²) in [6, 6.07) is 0. The molecule has 1 N–H and O–H groups in total. The van der Waals surface area contributed by atoms with Crippen molar-refractivity contribution < 1.29 is 28.8 Å². The Labute approximate surface area is 104 Å². The first-order valence-electron chi connectivity index (χ1n) is 5.87. The third-order valence-electron chi connectivity index (χ3n) is 1.85. The summed E-state index contributed by atoms with van der Waals surface area (Å²) < 4.78 is 11.1. The average molecular weight is 252 g/mol. The predicted molar refractivity (Wildman–Crippen MR) is 63.5 cm³/mol. The predicted octanol–water partition coefficient (Wildman–Crippen LogP) is -0.334. The number of hydrogen-bond donors (Lipinski definition) is 1. The van der Waals surface area contributed by atoms with E-state index in [4.69, 9.17) is 24.4 Å². The second kappa shape index (κ2) is 10.9. The lowest BCUT2D eigenvalue weighted by Gasteiger charge is -2.22. The van der Waals surface area contributed by atoms with Crippen LogP contribution < -0.4 is 0 Å². The zero-order chi connectivity index (χ0) is 13.0. The normalized spacial score (nSPS) is 12.0. The summed E-state index contributed by atoms with van der Waals surface area (Å²) in [4.78, 5) is 9.94. The Kier molecular flexibility index (Phi) is 10.7. The van der Waals surface area contributed by atoms with Crippen LogP contribution in [0.25, 0.3) is 0 Å². The van der Waals surface area contributed by atoms with E-state index in [0.29, 0.717) is 39.6 Å². The molecule has 0 bridgehead atoms. The highest BCUT2D eigenvalue weighted by molar-refractivity contribution is 4.31. The van der Waals surface area contributed by atoms with Crippen molar-refractivity contribution in [1.29, 1.82) is 0 Å². The molecule has 0 amide bonds. The van der Waals surface area contributed by atoms with Crippen LogP contribution in [0.2, 0.25) is 0 Å². The minimum Gasteiger partial charge on any atom is -0.394 e. The molecule has 0 aromatic heterocycles. The molecular weight excluding hydrogens is 226 g/mol. The Bertz CT molecular complexity index is 160. The molecule has 0 saturated heterocycles. The summed E-state index contributed by atoms with van der Waals surface area (Å²) in [6.45, 7) is 3.76. The molecular formula is C11H26NO5+. The molecule has 0 aliphatic rings. The van der Waals surface area contributed by atoms with Gasteiger partial charge in [0, 0.05) is 0 Å². The van der Waals surface area contributed by atoms with Gasteiger partial charge in [-0.1, -0.05) is 0 Å². The Morgan fingerprint density at radius 2 is 1.29 bits per heavy atom. The number of nitrogens with zero attached hydrogens (tertiary/aromatic N) is 1. The van der Waals surface area contributed by atoms with Gasteiger partial charge in [-0.25, -0.2) is 9.78 Å². The fourth-order valence-electron chi connectivity index (χ4n) is 0.908. The third-order valence-corrected chi connectivity index (χ3v) is 1.85. The molecule has 0 aromatic rings. The van der Waals surface area contributed by atoms with Crippen molar-refractivity contribution in [2.75, 3.05) is 73.9 Å². The molecule has 0 spiro atoms. The summed E-state index contributed by atoms with van der Waals surface area (Å²) >= 11 is 0. The van der Waals surface area contributed by atoms with Crippen molar-refractivity contribution in [1.82, 2.24) is 0 Å². The zero-order valence-corrected chi connectivity index (χ0v) is 11.2. The van der Waals surface area contributed by atoms with E-state index in [2.05, 4.69) is 21.1 Å². The summed E-state index contributed by atoms with van der Waals surface area (Å²) in [5.74, 6) is 0. The lowest BCUT2D eigenvalue weighted by Crippen LogP contribution is -2.37. The standard InChI is InChI=1S/C11H26NO5/c1-12(2,3)4-6-16-17-11-10-15-9-8-14-7-5-13/h13H,4-11H2,1-3H3/q+1. The second-order valence-corrected chi connectivity index (χ2v) is 4.61. The second-order valence-electron chi connectivity index (χ2n) is 4.61. The van der Waals surface area contributed by atoms with Crippen LogP contribution in [0.15, 0.2) is 0 Å². The Balaban J connectivity index is 2.99. The van der Waals surface area contributed by atoms with Gasteiger partial charge in [0.2, 0.25) is 0 Å². The maximum Gasteiger partial charge on any atom is 0.131 e. The van der Waals surface area contributed by atoms with Gasteiger partial charge in [0.15, 0.2) is 0 Å². The number of quaternary nitrogens is 1. The van der Waals surface area contributed by atoms with Crippen LogP contribution in [0.3, 0.4) is 0 Å². The summed E-state index contributed by atoms with van der Waals surface area (Å²) in [6.07, 6.45) is 0. The van der Waals surface area contributed by atoms with Gasteiger partial charge in [-0.3, -0.25) is 0 Å². The molecule has 17 heavy (non-hydrogen) atoms. The van der Waals surface area contributed by atoms with Crippen molar-refractivity contribution in [3.8, 4) is 0 Å². The number of aliphatic hydroxyl groups excluding tert-OH is 1. The monoisotopic (exact) mass is 252 g/mol. The van der Waals surface area contributed by atoms with Gasteiger partial charge in [0.1, 0.15) is 19.8 Å². The van der Waals surface area contributed by atoms with Gasteiger partial charge in [-0.05, 0) is 0 Å². The zero-order valence-electron chi connectivity index (χ0n) is 11.2. The Morgan fingerprint density at radius 3 is 1.88 bits per heavy atom. The minimum atomic E-state index is 0.0449. The number of ether oxygens (including phenoxy) is 2. The van der Waals surface area contributed by atoms with E-state index < -0.39 is 0 Å². The fraction of sp³-hybridized carbons (Fsp3) is 1.00. The molecule has 0 rings (SSSR count). The minimum absolute atomic E-state index is 0.0449. The maximum absolute atomic E-state index is 8.44. The number of likely N-dealkylation sites (N-methyl/N-ethyl adjacent to an activating group) is 1. The van der Waals surface area contributed by atoms with Gasteiger partial charge >= 0.3 is 0 Å². The fourth-order valence-corrected chi connectivity index (χ4v) is 0.908. The smallest absolute Gasteiger partial charge is 0.131 e. The van der Waals surface area contributed by atoms with Crippen molar-refractivity contribution in [2.24, 2.45) is 0 Å². The molecule has 6 nitrogen and oxygen atoms in total. The van der Waals surface area contributed by atoms with Crippen molar-refractivity contribution in [3.05, 3.63) is 0 Å². The van der Waals surface area contributed by atoms with Crippen molar-refractivity contribution in [2.45, 2.75) is 0 Å². The van der Waals surface area contributed by atoms with E-state index in [1.165, 1.54) is 0 Å². The molecule has 0 radical (unpaired) electrons. The quantitative estimate of drug-likeness (QED) is 0.223. The Hall–Kier alpha value is -0.240. The SMILES string of the molecule is C[N+](C)(C)CCOOCCOCCOCCO. The van der Waals surface area contributed by atoms with Crippen LogP contribution in [-0.2, 0) is 19.2 Å². The van der Waals surface area contributed by atoms with E-state index >= 15 is 0 Å². The lowest BCUT2D eigenvalue weighted by atomic mass is 10.5. The molecule has 0 aliphatic heterocycles. The summed E-state index contributed by atoms with van der Waals surface area (Å²) in [7, 11) is 6.29. The molecule has 0 fully saturated rings. The maximum atomic E-state index is 8.44. The van der Waals surface area contributed by atoms with E-state index in [0.717, 1.165) is 11.0 Å². The van der Waals surface area contributed by atoms with Gasteiger partial charge in [-0.2, -0.15) is 0 Å². The van der Waals surface area contributed by atoms with Crippen LogP contribution in [-0.4, -0.2) is 83.5 Å². The van der Waals surface area contributed by atoms with Crippen LogP contribution >= 0.6 is 0 Å². The van der Waals surface area contributed by atoms with Crippen molar-refractivity contribution >= 4 is 0 Å². The average Bonchev–Trinajstić information content (AvgIpc) is 2.24. The Morgan fingerprint density at radius 1 is 0.765 bits per heavy atom. The van der Waals surface area contributed by atoms with E-state index in [1.807, 2.05) is 0 Å². The van der Waals surface area contributed by atoms with Gasteiger partial charge in [-0.15, -0.1) is 0 Å². The van der Waals surface area contributed by atoms with E-state index in [1.54, 1.807) is 0 Å². The highest BCUT2D eigenvalue weighted by Gasteiger charge is 2.05. The van der Waals surface area contributed by atoms with Crippen LogP contribution in [0.1, 0.15) is 0 Å². The molecule has 104 valence electrons. The number of aliphatic hydroxyl groups is 1. The third kappa shape index (κ3) is 15.8. The molecule has 0 atom stereocenters. The summed E-state index contributed by atoms with van der Waals surface area (Å²) in [5.41, 5.74) is 0. The first-order chi connectivity index (χ1) is 8.06. The first kappa shape index (κ1) is 16.8. The lowest BCUT2D eigenvalue weighted by molar-refractivity contribution is -0.871. The van der Waals surface area contributed by atoms with E-state index in [-0.39, 0.29) is 6.61 Å². The van der Waals surface area contributed by atoms with Gasteiger partial charge in [0.25, 0.3) is 0 Å². The first-order valence-corrected chi connectivity index (χ1v) is 5.87. The van der Waals surface area contributed by atoms with Crippen molar-refractivity contribution in [3.63, 3.8) is 0 Å².